The molecule has 0 amide bonds. The monoisotopic (exact) mass is 644 g/mol. The van der Waals surface area contributed by atoms with Crippen molar-refractivity contribution in [1.29, 1.82) is 0 Å². The number of carboxylic acids is 2. The Kier molecular flexibility index (Phi) is 14.1. The Labute approximate surface area is 256 Å². The Balaban J connectivity index is 0.000000707. The quantitative estimate of drug-likeness (QED) is 0.219. The summed E-state index contributed by atoms with van der Waals surface area (Å²) in [5.41, 5.74) is 2.29. The molecule has 1 aromatic carbocycles. The fourth-order valence-corrected chi connectivity index (χ4v) is 3.85. The number of pyridine rings is 1. The van der Waals surface area contributed by atoms with Crippen LogP contribution >= 0.6 is 0 Å². The molecule has 4 rings (SSSR count). The van der Waals surface area contributed by atoms with E-state index in [9.17, 15) is 18.0 Å². The molecule has 45 heavy (non-hydrogen) atoms. The zero-order valence-electron chi connectivity index (χ0n) is 24.5. The average Bonchev–Trinajstić information content (AvgIpc) is 3.45. The van der Waals surface area contributed by atoms with Gasteiger partial charge in [0.25, 0.3) is 6.01 Å². The van der Waals surface area contributed by atoms with E-state index in [-0.39, 0.29) is 13.2 Å². The molecule has 17 heteroatoms. The number of carboxylic acid groups (broad SMARTS) is 2. The van der Waals surface area contributed by atoms with Crippen molar-refractivity contribution >= 4 is 29.1 Å². The first-order valence-corrected chi connectivity index (χ1v) is 13.8. The number of alkyl halides is 3. The van der Waals surface area contributed by atoms with E-state index in [4.69, 9.17) is 43.1 Å². The highest BCUT2D eigenvalue weighted by Crippen LogP contribution is 2.26. The number of piperazine rings is 1. The van der Waals surface area contributed by atoms with Crippen LogP contribution in [0.2, 0.25) is 0 Å². The summed E-state index contributed by atoms with van der Waals surface area (Å²) < 4.78 is 64.6. The molecule has 0 unspecified atom stereocenters. The first kappa shape index (κ1) is 35.3. The van der Waals surface area contributed by atoms with Crippen LogP contribution in [0.5, 0.6) is 11.5 Å². The highest BCUT2D eigenvalue weighted by atomic mass is 19.4. The van der Waals surface area contributed by atoms with Crippen molar-refractivity contribution in [3.05, 3.63) is 42.2 Å². The second-order valence-corrected chi connectivity index (χ2v) is 9.41. The standard InChI is InChI=1S/C26H34N4O8.C2HF3O2/c1-33-22-3-2-20(27-17-22)18-37-21-4-5-24-23(16-21)28-26(38-24)30-8-6-29(7-9-30)10-11-34-12-13-35-14-15-36-19-25(31)32;3-2(4,5)1(6)7/h2-5,16-17H,6-15,18-19H2,1H3,(H,31,32);(H,6,7). The van der Waals surface area contributed by atoms with E-state index in [1.807, 2.05) is 30.3 Å². The minimum atomic E-state index is -5.08. The lowest BCUT2D eigenvalue weighted by atomic mass is 10.3. The number of aromatic nitrogens is 2. The highest BCUT2D eigenvalue weighted by molar-refractivity contribution is 5.76. The van der Waals surface area contributed by atoms with Crippen LogP contribution in [0, 0.1) is 0 Å². The van der Waals surface area contributed by atoms with Gasteiger partial charge in [-0.05, 0) is 24.3 Å². The Bertz CT molecular complexity index is 1330. The molecule has 3 aromatic rings. The van der Waals surface area contributed by atoms with Crippen molar-refractivity contribution in [2.24, 2.45) is 0 Å². The zero-order chi connectivity index (χ0) is 32.7. The number of nitrogens with zero attached hydrogens (tertiary/aromatic N) is 4. The average molecular weight is 645 g/mol. The number of benzene rings is 1. The summed E-state index contributed by atoms with van der Waals surface area (Å²) in [6.07, 6.45) is -3.42. The van der Waals surface area contributed by atoms with Gasteiger partial charge in [0.2, 0.25) is 0 Å². The van der Waals surface area contributed by atoms with Gasteiger partial charge < -0.3 is 43.2 Å². The van der Waals surface area contributed by atoms with E-state index in [1.54, 1.807) is 13.3 Å². The van der Waals surface area contributed by atoms with Crippen molar-refractivity contribution in [3.8, 4) is 11.5 Å². The van der Waals surface area contributed by atoms with Gasteiger partial charge in [-0.2, -0.15) is 18.2 Å². The summed E-state index contributed by atoms with van der Waals surface area (Å²) >= 11 is 0. The van der Waals surface area contributed by atoms with Crippen LogP contribution in [0.15, 0.2) is 40.9 Å². The van der Waals surface area contributed by atoms with E-state index in [2.05, 4.69) is 19.8 Å². The van der Waals surface area contributed by atoms with Crippen molar-refractivity contribution in [2.75, 3.05) is 84.4 Å². The largest absolute Gasteiger partial charge is 0.495 e. The summed E-state index contributed by atoms with van der Waals surface area (Å²) in [5.74, 6) is -2.33. The Morgan fingerprint density at radius 1 is 0.933 bits per heavy atom. The number of hydrogen-bond donors (Lipinski definition) is 2. The molecule has 1 saturated heterocycles. The van der Waals surface area contributed by atoms with E-state index in [0.717, 1.165) is 49.5 Å². The maximum Gasteiger partial charge on any atom is 0.490 e. The molecule has 0 aliphatic carbocycles. The van der Waals surface area contributed by atoms with Crippen LogP contribution in [0.1, 0.15) is 5.69 Å². The van der Waals surface area contributed by atoms with E-state index in [0.29, 0.717) is 50.5 Å². The van der Waals surface area contributed by atoms with Crippen LogP contribution in [-0.4, -0.2) is 123 Å². The topological polar surface area (TPSA) is 166 Å². The van der Waals surface area contributed by atoms with Crippen molar-refractivity contribution in [1.82, 2.24) is 14.9 Å². The van der Waals surface area contributed by atoms with Gasteiger partial charge in [0, 0.05) is 38.8 Å². The second-order valence-electron chi connectivity index (χ2n) is 9.41. The summed E-state index contributed by atoms with van der Waals surface area (Å²) in [5, 5.41) is 15.6. The van der Waals surface area contributed by atoms with Gasteiger partial charge >= 0.3 is 18.1 Å². The maximum absolute atomic E-state index is 10.6. The molecule has 0 atom stereocenters. The minimum absolute atomic E-state index is 0.258. The Morgan fingerprint density at radius 3 is 2.18 bits per heavy atom. The lowest BCUT2D eigenvalue weighted by Gasteiger charge is -2.33. The predicted octanol–water partition coefficient (Wildman–Crippen LogP) is 2.70. The molecule has 14 nitrogen and oxygen atoms in total. The number of rotatable bonds is 16. The third-order valence-electron chi connectivity index (χ3n) is 6.17. The van der Waals surface area contributed by atoms with E-state index >= 15 is 0 Å². The van der Waals surface area contributed by atoms with Gasteiger partial charge in [-0.15, -0.1) is 0 Å². The number of fused-ring (bicyclic) bond motifs is 1. The molecule has 0 spiro atoms. The van der Waals surface area contributed by atoms with Crippen molar-refractivity contribution in [3.63, 3.8) is 0 Å². The van der Waals surface area contributed by atoms with Crippen LogP contribution in [-0.2, 0) is 30.4 Å². The van der Waals surface area contributed by atoms with Crippen molar-refractivity contribution < 1.29 is 61.1 Å². The van der Waals surface area contributed by atoms with Crippen LogP contribution in [0.3, 0.4) is 0 Å². The van der Waals surface area contributed by atoms with Gasteiger partial charge in [-0.3, -0.25) is 9.88 Å². The number of carbonyl (C=O) groups is 2. The van der Waals surface area contributed by atoms with Gasteiger partial charge in [0.1, 0.15) is 30.2 Å². The van der Waals surface area contributed by atoms with Gasteiger partial charge in [-0.25, -0.2) is 9.59 Å². The van der Waals surface area contributed by atoms with Crippen molar-refractivity contribution in [2.45, 2.75) is 12.8 Å². The summed E-state index contributed by atoms with van der Waals surface area (Å²) in [4.78, 5) is 32.7. The smallest absolute Gasteiger partial charge is 0.490 e. The van der Waals surface area contributed by atoms with Crippen LogP contribution in [0.25, 0.3) is 11.1 Å². The SMILES string of the molecule is COc1ccc(COc2ccc3oc(N4CCN(CCOCCOCCOCC(=O)O)CC4)nc3c2)nc1.O=C(O)C(F)(F)F. The third-order valence-corrected chi connectivity index (χ3v) is 6.17. The van der Waals surface area contributed by atoms with Gasteiger partial charge in [0.05, 0.1) is 52.0 Å². The molecule has 3 heterocycles. The predicted molar refractivity (Wildman–Crippen MR) is 152 cm³/mol. The zero-order valence-corrected chi connectivity index (χ0v) is 24.5. The third kappa shape index (κ3) is 12.8. The molecule has 1 fully saturated rings. The lowest BCUT2D eigenvalue weighted by molar-refractivity contribution is -0.192. The number of ether oxygens (including phenoxy) is 5. The number of oxazole rings is 1. The highest BCUT2D eigenvalue weighted by Gasteiger charge is 2.38. The Morgan fingerprint density at radius 2 is 1.58 bits per heavy atom. The molecule has 2 aromatic heterocycles. The lowest BCUT2D eigenvalue weighted by Crippen LogP contribution is -2.47. The molecule has 0 radical (unpaired) electrons. The molecule has 1 aliphatic heterocycles. The Hall–Kier alpha value is -4.19. The molecule has 0 bridgehead atoms. The molecular weight excluding hydrogens is 609 g/mol. The van der Waals surface area contributed by atoms with E-state index in [1.165, 1.54) is 0 Å². The fourth-order valence-electron chi connectivity index (χ4n) is 3.85. The first-order valence-electron chi connectivity index (χ1n) is 13.8. The van der Waals surface area contributed by atoms with Crippen LogP contribution < -0.4 is 14.4 Å². The maximum atomic E-state index is 10.6. The first-order chi connectivity index (χ1) is 21.5. The molecule has 0 saturated carbocycles. The van der Waals surface area contributed by atoms with Gasteiger partial charge in [-0.1, -0.05) is 0 Å². The van der Waals surface area contributed by atoms with Crippen LogP contribution in [0.4, 0.5) is 19.2 Å². The summed E-state index contributed by atoms with van der Waals surface area (Å²) in [7, 11) is 1.61. The van der Waals surface area contributed by atoms with Gasteiger partial charge in [0.15, 0.2) is 5.58 Å². The molecule has 2 N–H and O–H groups in total. The number of hydrogen-bond acceptors (Lipinski definition) is 12. The number of anilines is 1. The fraction of sp³-hybridized carbons (Fsp3) is 0.500. The second kappa shape index (κ2) is 17.9. The molecular formula is C28H35F3N4O10. The summed E-state index contributed by atoms with van der Waals surface area (Å²) in [6.45, 7) is 6.48. The minimum Gasteiger partial charge on any atom is -0.495 e. The number of halogens is 3. The number of aliphatic carboxylic acids is 2. The molecule has 1 aliphatic rings. The molecule has 248 valence electrons. The normalized spacial score (nSPS) is 13.7. The van der Waals surface area contributed by atoms with E-state index < -0.39 is 18.1 Å². The number of methoxy groups -OCH3 is 1. The summed E-state index contributed by atoms with van der Waals surface area (Å²) in [6, 6.07) is 9.98.